The van der Waals surface area contributed by atoms with Crippen molar-refractivity contribution in [2.45, 2.75) is 6.92 Å². The van der Waals surface area contributed by atoms with Crippen molar-refractivity contribution < 1.29 is 4.79 Å². The Bertz CT molecular complexity index is 568. The van der Waals surface area contributed by atoms with Crippen molar-refractivity contribution in [1.29, 1.82) is 0 Å². The normalized spacial score (nSPS) is 10.4. The van der Waals surface area contributed by atoms with Gasteiger partial charge in [0.25, 0.3) is 5.91 Å². The fourth-order valence-corrected chi connectivity index (χ4v) is 1.95. The van der Waals surface area contributed by atoms with Gasteiger partial charge in [0.2, 0.25) is 0 Å². The van der Waals surface area contributed by atoms with Crippen LogP contribution in [0.1, 0.15) is 16.1 Å². The summed E-state index contributed by atoms with van der Waals surface area (Å²) in [7, 11) is 1.59. The summed E-state index contributed by atoms with van der Waals surface area (Å²) in [5.74, 6) is -0.178. The van der Waals surface area contributed by atoms with Crippen molar-refractivity contribution >= 4 is 32.7 Å². The maximum Gasteiger partial charge on any atom is 0.269 e. The summed E-state index contributed by atoms with van der Waals surface area (Å²) in [5, 5.41) is 3.49. The van der Waals surface area contributed by atoms with E-state index in [1.165, 1.54) is 0 Å². The fraction of sp³-hybridized carbons (Fsp3) is 0.182. The first-order valence-corrected chi connectivity index (χ1v) is 5.55. The molecule has 0 bridgehead atoms. The highest BCUT2D eigenvalue weighted by Gasteiger charge is 2.11. The molecule has 82 valence electrons. The molecule has 16 heavy (non-hydrogen) atoms. The van der Waals surface area contributed by atoms with Crippen LogP contribution in [0.3, 0.4) is 0 Å². The molecule has 2 aromatic heterocycles. The van der Waals surface area contributed by atoms with Crippen LogP contribution in [-0.2, 0) is 0 Å². The number of hydrogen-bond acceptors (Lipinski definition) is 3. The second kappa shape index (κ2) is 4.17. The summed E-state index contributed by atoms with van der Waals surface area (Å²) < 4.78 is 0.787. The van der Waals surface area contributed by atoms with E-state index in [1.807, 2.05) is 13.0 Å². The Balaban J connectivity index is 2.74. The maximum absolute atomic E-state index is 11.6. The first-order valence-electron chi connectivity index (χ1n) is 4.76. The fourth-order valence-electron chi connectivity index (χ4n) is 1.52. The maximum atomic E-state index is 11.6. The SMILES string of the molecule is CNC(=O)c1nc2c(Br)cncc2cc1C. The molecule has 4 nitrogen and oxygen atoms in total. The lowest BCUT2D eigenvalue weighted by Crippen LogP contribution is -2.20. The van der Waals surface area contributed by atoms with Crippen LogP contribution >= 0.6 is 15.9 Å². The van der Waals surface area contributed by atoms with Gasteiger partial charge in [-0.3, -0.25) is 9.78 Å². The van der Waals surface area contributed by atoms with E-state index >= 15 is 0 Å². The van der Waals surface area contributed by atoms with Crippen molar-refractivity contribution in [3.63, 3.8) is 0 Å². The van der Waals surface area contributed by atoms with Gasteiger partial charge in [-0.25, -0.2) is 4.98 Å². The molecule has 0 spiro atoms. The predicted octanol–water partition coefficient (Wildman–Crippen LogP) is 2.06. The number of pyridine rings is 2. The number of aromatic nitrogens is 2. The minimum atomic E-state index is -0.178. The number of carbonyl (C=O) groups is 1. The van der Waals surface area contributed by atoms with E-state index < -0.39 is 0 Å². The van der Waals surface area contributed by atoms with Crippen LogP contribution in [0.25, 0.3) is 10.9 Å². The van der Waals surface area contributed by atoms with Crippen LogP contribution in [0.5, 0.6) is 0 Å². The van der Waals surface area contributed by atoms with Gasteiger partial charge in [0, 0.05) is 24.8 Å². The number of aryl methyl sites for hydroxylation is 1. The van der Waals surface area contributed by atoms with E-state index in [0.29, 0.717) is 5.69 Å². The van der Waals surface area contributed by atoms with E-state index in [0.717, 1.165) is 20.9 Å². The number of carbonyl (C=O) groups excluding carboxylic acids is 1. The van der Waals surface area contributed by atoms with Gasteiger partial charge in [-0.05, 0) is 34.5 Å². The minimum absolute atomic E-state index is 0.178. The quantitative estimate of drug-likeness (QED) is 0.870. The molecule has 5 heteroatoms. The molecule has 0 unspecified atom stereocenters. The largest absolute Gasteiger partial charge is 0.354 e. The molecule has 0 aliphatic carbocycles. The molecule has 0 saturated carbocycles. The molecule has 0 saturated heterocycles. The van der Waals surface area contributed by atoms with Crippen molar-refractivity contribution in [1.82, 2.24) is 15.3 Å². The molecule has 0 fully saturated rings. The molecule has 1 amide bonds. The highest BCUT2D eigenvalue weighted by molar-refractivity contribution is 9.10. The lowest BCUT2D eigenvalue weighted by atomic mass is 10.1. The average Bonchev–Trinajstić information content (AvgIpc) is 2.28. The number of nitrogens with zero attached hydrogens (tertiary/aromatic N) is 2. The number of rotatable bonds is 1. The van der Waals surface area contributed by atoms with Gasteiger partial charge in [0.1, 0.15) is 5.69 Å². The Morgan fingerprint density at radius 3 is 2.88 bits per heavy atom. The highest BCUT2D eigenvalue weighted by Crippen LogP contribution is 2.22. The smallest absolute Gasteiger partial charge is 0.269 e. The standard InChI is InChI=1S/C11H10BrN3O/c1-6-3-7-4-14-5-8(12)10(7)15-9(6)11(16)13-2/h3-5H,1-2H3,(H,13,16). The van der Waals surface area contributed by atoms with Gasteiger partial charge in [0.05, 0.1) is 9.99 Å². The number of halogens is 1. The first kappa shape index (κ1) is 11.0. The van der Waals surface area contributed by atoms with Crippen molar-refractivity contribution in [3.05, 3.63) is 34.2 Å². The Hall–Kier alpha value is -1.49. The lowest BCUT2D eigenvalue weighted by Gasteiger charge is -2.06. The Morgan fingerprint density at radius 2 is 2.19 bits per heavy atom. The van der Waals surface area contributed by atoms with Gasteiger partial charge in [-0.1, -0.05) is 0 Å². The summed E-state index contributed by atoms with van der Waals surface area (Å²) in [6.45, 7) is 1.86. The Kier molecular flexibility index (Phi) is 2.87. The van der Waals surface area contributed by atoms with Crippen LogP contribution in [0.15, 0.2) is 22.9 Å². The summed E-state index contributed by atoms with van der Waals surface area (Å²) in [6, 6.07) is 1.91. The van der Waals surface area contributed by atoms with Crippen LogP contribution in [-0.4, -0.2) is 22.9 Å². The molecule has 2 heterocycles. The highest BCUT2D eigenvalue weighted by atomic mass is 79.9. The second-order valence-corrected chi connectivity index (χ2v) is 4.28. The third kappa shape index (κ3) is 1.78. The predicted molar refractivity (Wildman–Crippen MR) is 65.4 cm³/mol. The minimum Gasteiger partial charge on any atom is -0.354 e. The molecule has 1 N–H and O–H groups in total. The summed E-state index contributed by atoms with van der Waals surface area (Å²) in [6.07, 6.45) is 3.39. The summed E-state index contributed by atoms with van der Waals surface area (Å²) in [4.78, 5) is 20.0. The molecular formula is C11H10BrN3O. The summed E-state index contributed by atoms with van der Waals surface area (Å²) in [5.41, 5.74) is 2.04. The number of amides is 1. The monoisotopic (exact) mass is 279 g/mol. The van der Waals surface area contributed by atoms with E-state index in [9.17, 15) is 4.79 Å². The Labute approximate surface area is 101 Å². The topological polar surface area (TPSA) is 54.9 Å². The summed E-state index contributed by atoms with van der Waals surface area (Å²) >= 11 is 3.37. The zero-order chi connectivity index (χ0) is 11.7. The molecule has 0 aliphatic rings. The number of nitrogens with one attached hydrogen (secondary N) is 1. The van der Waals surface area contributed by atoms with Crippen LogP contribution < -0.4 is 5.32 Å². The lowest BCUT2D eigenvalue weighted by molar-refractivity contribution is 0.0958. The van der Waals surface area contributed by atoms with Gasteiger partial charge < -0.3 is 5.32 Å². The average molecular weight is 280 g/mol. The third-order valence-electron chi connectivity index (χ3n) is 2.31. The molecule has 0 aromatic carbocycles. The van der Waals surface area contributed by atoms with Gasteiger partial charge in [0.15, 0.2) is 0 Å². The molecule has 2 aromatic rings. The molecule has 2 rings (SSSR count). The van der Waals surface area contributed by atoms with Gasteiger partial charge in [-0.2, -0.15) is 0 Å². The van der Waals surface area contributed by atoms with Crippen molar-refractivity contribution in [3.8, 4) is 0 Å². The molecule has 0 radical (unpaired) electrons. The van der Waals surface area contributed by atoms with E-state index in [1.54, 1.807) is 19.4 Å². The number of fused-ring (bicyclic) bond motifs is 1. The van der Waals surface area contributed by atoms with Crippen LogP contribution in [0.2, 0.25) is 0 Å². The Morgan fingerprint density at radius 1 is 1.44 bits per heavy atom. The number of hydrogen-bond donors (Lipinski definition) is 1. The van der Waals surface area contributed by atoms with Crippen LogP contribution in [0, 0.1) is 6.92 Å². The zero-order valence-corrected chi connectivity index (χ0v) is 10.5. The van der Waals surface area contributed by atoms with Crippen LogP contribution in [0.4, 0.5) is 0 Å². The van der Waals surface area contributed by atoms with E-state index in [2.05, 4.69) is 31.2 Å². The van der Waals surface area contributed by atoms with E-state index in [-0.39, 0.29) is 5.91 Å². The molecule has 0 atom stereocenters. The first-order chi connectivity index (χ1) is 7.63. The van der Waals surface area contributed by atoms with Gasteiger partial charge in [-0.15, -0.1) is 0 Å². The van der Waals surface area contributed by atoms with Crippen molar-refractivity contribution in [2.24, 2.45) is 0 Å². The van der Waals surface area contributed by atoms with E-state index in [4.69, 9.17) is 0 Å². The van der Waals surface area contributed by atoms with Crippen molar-refractivity contribution in [2.75, 3.05) is 7.05 Å². The molecular weight excluding hydrogens is 270 g/mol. The second-order valence-electron chi connectivity index (χ2n) is 3.43. The molecule has 0 aliphatic heterocycles. The zero-order valence-electron chi connectivity index (χ0n) is 8.91. The third-order valence-corrected chi connectivity index (χ3v) is 2.89. The van der Waals surface area contributed by atoms with Gasteiger partial charge >= 0.3 is 0 Å².